The molecule has 0 N–H and O–H groups in total. The molecule has 0 aliphatic carbocycles. The molecule has 3 aromatic carbocycles. The van der Waals surface area contributed by atoms with E-state index in [4.69, 9.17) is 9.72 Å². The first kappa shape index (κ1) is 29.6. The molecule has 3 amide bonds. The summed E-state index contributed by atoms with van der Waals surface area (Å²) in [6.45, 7) is 8.24. The number of halogens is 2. The van der Waals surface area contributed by atoms with E-state index in [-0.39, 0.29) is 24.0 Å². The molecule has 0 saturated heterocycles. The zero-order valence-electron chi connectivity index (χ0n) is 24.6. The number of imidazole rings is 1. The van der Waals surface area contributed by atoms with Crippen LogP contribution in [0, 0.1) is 18.6 Å². The average Bonchev–Trinajstić information content (AvgIpc) is 3.27. The summed E-state index contributed by atoms with van der Waals surface area (Å²) in [5, 5.41) is 0. The van der Waals surface area contributed by atoms with Gasteiger partial charge in [-0.25, -0.2) is 23.5 Å². The van der Waals surface area contributed by atoms with Crippen LogP contribution in [0.2, 0.25) is 0 Å². The van der Waals surface area contributed by atoms with E-state index in [1.807, 2.05) is 41.8 Å². The van der Waals surface area contributed by atoms with Crippen LogP contribution < -0.4 is 9.80 Å². The van der Waals surface area contributed by atoms with E-state index in [0.717, 1.165) is 28.3 Å². The minimum atomic E-state index is -0.789. The van der Waals surface area contributed by atoms with E-state index in [9.17, 15) is 23.2 Å². The van der Waals surface area contributed by atoms with Crippen LogP contribution in [-0.4, -0.2) is 33.1 Å². The standard InChI is InChI=1S/C33H32F2N4O4/c1-20-29(23-14-16-24(17-15-23)39(21(2)40)32(42)43-33(3,4)5)36-31-37(20)18-25(22-10-7-6-8-11-22)30(41)38(31)19-26-27(34)12-9-13-28(26)35/h6-17,25H,18-19H2,1-5H3. The van der Waals surface area contributed by atoms with Gasteiger partial charge in [0.15, 0.2) is 0 Å². The highest BCUT2D eigenvalue weighted by molar-refractivity contribution is 6.11. The number of amides is 3. The maximum Gasteiger partial charge on any atom is 0.421 e. The third kappa shape index (κ3) is 5.90. The SMILES string of the molecule is CC(=O)N(C(=O)OC(C)(C)C)c1ccc(-c2nc3n(c2C)CC(c2ccccc2)C(=O)N3Cc2c(F)cccc2F)cc1. The number of fused-ring (bicyclic) bond motifs is 1. The summed E-state index contributed by atoms with van der Waals surface area (Å²) in [5.41, 5.74) is 2.04. The normalized spacial score (nSPS) is 14.8. The molecule has 4 aromatic rings. The van der Waals surface area contributed by atoms with Gasteiger partial charge in [0.25, 0.3) is 0 Å². The predicted octanol–water partition coefficient (Wildman–Crippen LogP) is 6.76. The maximum absolute atomic E-state index is 14.7. The summed E-state index contributed by atoms with van der Waals surface area (Å²) < 4.78 is 36.7. The van der Waals surface area contributed by atoms with Crippen molar-refractivity contribution in [2.75, 3.05) is 9.80 Å². The van der Waals surface area contributed by atoms with Crippen LogP contribution in [0.15, 0.2) is 72.8 Å². The Labute approximate surface area is 248 Å². The fourth-order valence-electron chi connectivity index (χ4n) is 5.18. The molecule has 1 atom stereocenters. The van der Waals surface area contributed by atoms with Crippen LogP contribution in [0.3, 0.4) is 0 Å². The molecular formula is C33H32F2N4O4. The second kappa shape index (κ2) is 11.4. The smallest absolute Gasteiger partial charge is 0.421 e. The first-order valence-corrected chi connectivity index (χ1v) is 13.9. The van der Waals surface area contributed by atoms with Crippen LogP contribution in [0.25, 0.3) is 11.3 Å². The molecule has 1 aromatic heterocycles. The van der Waals surface area contributed by atoms with Crippen LogP contribution in [0.1, 0.15) is 50.4 Å². The van der Waals surface area contributed by atoms with E-state index >= 15 is 0 Å². The minimum Gasteiger partial charge on any atom is -0.443 e. The van der Waals surface area contributed by atoms with Gasteiger partial charge in [0, 0.05) is 30.3 Å². The highest BCUT2D eigenvalue weighted by Gasteiger charge is 2.38. The van der Waals surface area contributed by atoms with Gasteiger partial charge in [-0.1, -0.05) is 48.5 Å². The molecule has 8 nitrogen and oxygen atoms in total. The number of hydrogen-bond donors (Lipinski definition) is 0. The van der Waals surface area contributed by atoms with Crippen LogP contribution >= 0.6 is 0 Å². The summed E-state index contributed by atoms with van der Waals surface area (Å²) in [6.07, 6.45) is -0.789. The molecule has 1 unspecified atom stereocenters. The second-order valence-electron chi connectivity index (χ2n) is 11.4. The summed E-state index contributed by atoms with van der Waals surface area (Å²) in [4.78, 5) is 46.0. The lowest BCUT2D eigenvalue weighted by Gasteiger charge is -2.33. The number of carbonyl (C=O) groups is 3. The Morgan fingerprint density at radius 2 is 1.60 bits per heavy atom. The fourth-order valence-corrected chi connectivity index (χ4v) is 5.18. The van der Waals surface area contributed by atoms with Crippen molar-refractivity contribution in [3.05, 3.63) is 101 Å². The van der Waals surface area contributed by atoms with Crippen molar-refractivity contribution < 1.29 is 27.9 Å². The number of hydrogen-bond acceptors (Lipinski definition) is 5. The molecule has 0 bridgehead atoms. The summed E-state index contributed by atoms with van der Waals surface area (Å²) in [6, 6.07) is 19.5. The molecular weight excluding hydrogens is 554 g/mol. The molecule has 222 valence electrons. The second-order valence-corrected chi connectivity index (χ2v) is 11.4. The molecule has 0 spiro atoms. The van der Waals surface area contributed by atoms with Crippen molar-refractivity contribution in [3.8, 4) is 11.3 Å². The van der Waals surface area contributed by atoms with Gasteiger partial charge in [-0.05, 0) is 57.5 Å². The molecule has 1 aliphatic heterocycles. The van der Waals surface area contributed by atoms with E-state index in [2.05, 4.69) is 0 Å². The number of rotatable bonds is 5. The van der Waals surface area contributed by atoms with Crippen LogP contribution in [0.5, 0.6) is 0 Å². The van der Waals surface area contributed by atoms with Crippen molar-refractivity contribution in [3.63, 3.8) is 0 Å². The monoisotopic (exact) mass is 586 g/mol. The van der Waals surface area contributed by atoms with Crippen molar-refractivity contribution in [2.24, 2.45) is 0 Å². The zero-order chi connectivity index (χ0) is 31.1. The number of ether oxygens (including phenoxy) is 1. The molecule has 0 radical (unpaired) electrons. The zero-order valence-corrected chi connectivity index (χ0v) is 24.6. The Balaban J connectivity index is 1.55. The van der Waals surface area contributed by atoms with Gasteiger partial charge in [-0.2, -0.15) is 0 Å². The van der Waals surface area contributed by atoms with Gasteiger partial charge >= 0.3 is 6.09 Å². The van der Waals surface area contributed by atoms with E-state index in [1.54, 1.807) is 45.0 Å². The van der Waals surface area contributed by atoms with Crippen LogP contribution in [0.4, 0.5) is 25.2 Å². The van der Waals surface area contributed by atoms with Crippen molar-refractivity contribution in [1.82, 2.24) is 9.55 Å². The van der Waals surface area contributed by atoms with E-state index in [1.165, 1.54) is 17.9 Å². The Morgan fingerprint density at radius 1 is 0.977 bits per heavy atom. The molecule has 0 saturated carbocycles. The third-order valence-electron chi connectivity index (χ3n) is 7.24. The number of anilines is 2. The largest absolute Gasteiger partial charge is 0.443 e. The number of nitrogens with zero attached hydrogens (tertiary/aromatic N) is 4. The number of imide groups is 1. The Bertz CT molecular complexity index is 1670. The summed E-state index contributed by atoms with van der Waals surface area (Å²) in [7, 11) is 0. The Morgan fingerprint density at radius 3 is 2.19 bits per heavy atom. The molecule has 0 fully saturated rings. The lowest BCUT2D eigenvalue weighted by Crippen LogP contribution is -2.43. The first-order valence-electron chi connectivity index (χ1n) is 13.9. The van der Waals surface area contributed by atoms with E-state index in [0.29, 0.717) is 23.5 Å². The van der Waals surface area contributed by atoms with Gasteiger partial charge in [0.05, 0.1) is 23.8 Å². The molecule has 10 heteroatoms. The third-order valence-corrected chi connectivity index (χ3v) is 7.24. The fraction of sp³-hybridized carbons (Fsp3) is 0.273. The highest BCUT2D eigenvalue weighted by Crippen LogP contribution is 2.37. The number of benzene rings is 3. The van der Waals surface area contributed by atoms with Crippen LogP contribution in [-0.2, 0) is 27.4 Å². The molecule has 5 rings (SSSR count). The molecule has 2 heterocycles. The highest BCUT2D eigenvalue weighted by atomic mass is 19.1. The van der Waals surface area contributed by atoms with Gasteiger partial charge < -0.3 is 9.30 Å². The van der Waals surface area contributed by atoms with Crippen molar-refractivity contribution in [2.45, 2.75) is 59.2 Å². The molecule has 1 aliphatic rings. The van der Waals surface area contributed by atoms with Gasteiger partial charge in [-0.3, -0.25) is 14.5 Å². The van der Waals surface area contributed by atoms with Crippen molar-refractivity contribution >= 4 is 29.5 Å². The summed E-state index contributed by atoms with van der Waals surface area (Å²) in [5.74, 6) is -2.64. The number of aromatic nitrogens is 2. The van der Waals surface area contributed by atoms with Gasteiger partial charge in [0.2, 0.25) is 17.8 Å². The van der Waals surface area contributed by atoms with Gasteiger partial charge in [0.1, 0.15) is 17.2 Å². The first-order chi connectivity index (χ1) is 20.4. The quantitative estimate of drug-likeness (QED) is 0.258. The molecule has 43 heavy (non-hydrogen) atoms. The lowest BCUT2D eigenvalue weighted by atomic mass is 9.95. The Hall–Kier alpha value is -4.86. The lowest BCUT2D eigenvalue weighted by molar-refractivity contribution is -0.121. The predicted molar refractivity (Wildman–Crippen MR) is 159 cm³/mol. The number of carbonyl (C=O) groups excluding carboxylic acids is 3. The topological polar surface area (TPSA) is 84.7 Å². The average molecular weight is 587 g/mol. The Kier molecular flexibility index (Phi) is 7.88. The minimum absolute atomic E-state index is 0.228. The van der Waals surface area contributed by atoms with Gasteiger partial charge in [-0.15, -0.1) is 0 Å². The summed E-state index contributed by atoms with van der Waals surface area (Å²) >= 11 is 0. The van der Waals surface area contributed by atoms with E-state index < -0.39 is 35.2 Å². The maximum atomic E-state index is 14.7. The van der Waals surface area contributed by atoms with Crippen molar-refractivity contribution in [1.29, 1.82) is 0 Å².